The average molecular weight is 224 g/mol. The lowest BCUT2D eigenvalue weighted by molar-refractivity contribution is -0.137. The molecule has 0 aliphatic carbocycles. The van der Waals surface area contributed by atoms with Crippen molar-refractivity contribution in [3.8, 4) is 0 Å². The van der Waals surface area contributed by atoms with Crippen LogP contribution >= 0.6 is 0 Å². The van der Waals surface area contributed by atoms with Gasteiger partial charge >= 0.3 is 6.18 Å². The summed E-state index contributed by atoms with van der Waals surface area (Å²) < 4.78 is 60.7. The van der Waals surface area contributed by atoms with E-state index in [-0.39, 0.29) is 6.42 Å². The molecule has 0 saturated carbocycles. The average Bonchev–Trinajstić information content (AvgIpc) is 2.17. The molecule has 0 N–H and O–H groups in total. The fourth-order valence-corrected chi connectivity index (χ4v) is 1.14. The van der Waals surface area contributed by atoms with E-state index in [4.69, 9.17) is 0 Å². The third-order valence-electron chi connectivity index (χ3n) is 1.91. The summed E-state index contributed by atoms with van der Waals surface area (Å²) in [5.41, 5.74) is -0.435. The Labute approximate surface area is 83.7 Å². The van der Waals surface area contributed by atoms with E-state index < -0.39 is 24.6 Å². The SMILES string of the molecule is FC[C@@H](F)Cc1ccc(C(F)(F)F)cc1. The van der Waals surface area contributed by atoms with Crippen molar-refractivity contribution in [1.82, 2.24) is 0 Å². The summed E-state index contributed by atoms with van der Waals surface area (Å²) in [7, 11) is 0. The second-order valence-electron chi connectivity index (χ2n) is 3.15. The Balaban J connectivity index is 2.73. The standard InChI is InChI=1S/C10H9F5/c11-6-9(12)5-7-1-3-8(4-2-7)10(13,14)15/h1-4,9H,5-6H2/t9-/m0/s1. The van der Waals surface area contributed by atoms with Crippen LogP contribution < -0.4 is 0 Å². The Morgan fingerprint density at radius 3 is 2.00 bits per heavy atom. The molecular weight excluding hydrogens is 215 g/mol. The molecule has 0 bridgehead atoms. The van der Waals surface area contributed by atoms with Gasteiger partial charge in [0.15, 0.2) is 0 Å². The van der Waals surface area contributed by atoms with Crippen molar-refractivity contribution >= 4 is 0 Å². The van der Waals surface area contributed by atoms with Gasteiger partial charge in [0.25, 0.3) is 0 Å². The van der Waals surface area contributed by atoms with Crippen LogP contribution in [0.5, 0.6) is 0 Å². The molecular formula is C10H9F5. The van der Waals surface area contributed by atoms with Crippen molar-refractivity contribution in [3.63, 3.8) is 0 Å². The summed E-state index contributed by atoms with van der Waals surface area (Å²) in [4.78, 5) is 0. The molecule has 0 heterocycles. The molecule has 0 aromatic heterocycles. The summed E-state index contributed by atoms with van der Waals surface area (Å²) >= 11 is 0. The Morgan fingerprint density at radius 1 is 1.07 bits per heavy atom. The van der Waals surface area contributed by atoms with Gasteiger partial charge in [-0.15, -0.1) is 0 Å². The molecule has 1 aromatic carbocycles. The number of benzene rings is 1. The second-order valence-corrected chi connectivity index (χ2v) is 3.15. The molecule has 0 saturated heterocycles. The molecule has 1 atom stereocenters. The first kappa shape index (κ1) is 11.9. The minimum absolute atomic E-state index is 0.200. The largest absolute Gasteiger partial charge is 0.416 e. The molecule has 0 aliphatic rings. The highest BCUT2D eigenvalue weighted by Crippen LogP contribution is 2.29. The predicted octanol–water partition coefficient (Wildman–Crippen LogP) is 3.56. The van der Waals surface area contributed by atoms with E-state index in [0.29, 0.717) is 5.56 Å². The molecule has 0 unspecified atom stereocenters. The second kappa shape index (κ2) is 4.59. The maximum absolute atomic E-state index is 12.6. The zero-order chi connectivity index (χ0) is 11.5. The van der Waals surface area contributed by atoms with E-state index in [9.17, 15) is 22.0 Å². The Kier molecular flexibility index (Phi) is 3.66. The van der Waals surface area contributed by atoms with E-state index in [0.717, 1.165) is 24.3 Å². The smallest absolute Gasteiger partial charge is 0.248 e. The predicted molar refractivity (Wildman–Crippen MR) is 46.0 cm³/mol. The lowest BCUT2D eigenvalue weighted by Gasteiger charge is -2.08. The summed E-state index contributed by atoms with van der Waals surface area (Å²) in [6.07, 6.45) is -6.25. The molecule has 0 radical (unpaired) electrons. The summed E-state index contributed by atoms with van der Waals surface area (Å²) in [5.74, 6) is 0. The third-order valence-corrected chi connectivity index (χ3v) is 1.91. The van der Waals surface area contributed by atoms with Crippen LogP contribution in [0, 0.1) is 0 Å². The zero-order valence-corrected chi connectivity index (χ0v) is 7.69. The van der Waals surface area contributed by atoms with Gasteiger partial charge in [0.05, 0.1) is 5.56 Å². The van der Waals surface area contributed by atoms with Crippen LogP contribution in [-0.4, -0.2) is 12.8 Å². The van der Waals surface area contributed by atoms with Crippen LogP contribution in [0.3, 0.4) is 0 Å². The monoisotopic (exact) mass is 224 g/mol. The van der Waals surface area contributed by atoms with Crippen LogP contribution in [0.4, 0.5) is 22.0 Å². The van der Waals surface area contributed by atoms with Crippen molar-refractivity contribution in [2.24, 2.45) is 0 Å². The van der Waals surface area contributed by atoms with Crippen molar-refractivity contribution in [3.05, 3.63) is 35.4 Å². The van der Waals surface area contributed by atoms with Gasteiger partial charge in [0, 0.05) is 6.42 Å². The lowest BCUT2D eigenvalue weighted by Crippen LogP contribution is -2.08. The molecule has 0 amide bonds. The normalized spacial score (nSPS) is 13.9. The molecule has 0 nitrogen and oxygen atoms in total. The van der Waals surface area contributed by atoms with Crippen LogP contribution in [-0.2, 0) is 12.6 Å². The van der Waals surface area contributed by atoms with Gasteiger partial charge in [-0.3, -0.25) is 0 Å². The zero-order valence-electron chi connectivity index (χ0n) is 7.69. The van der Waals surface area contributed by atoms with Crippen LogP contribution in [0.2, 0.25) is 0 Å². The topological polar surface area (TPSA) is 0 Å². The maximum atomic E-state index is 12.6. The van der Waals surface area contributed by atoms with E-state index in [1.807, 2.05) is 0 Å². The van der Waals surface area contributed by atoms with Gasteiger partial charge in [-0.1, -0.05) is 12.1 Å². The highest BCUT2D eigenvalue weighted by molar-refractivity contribution is 5.25. The maximum Gasteiger partial charge on any atom is 0.416 e. The van der Waals surface area contributed by atoms with Crippen molar-refractivity contribution < 1.29 is 22.0 Å². The van der Waals surface area contributed by atoms with E-state index in [1.165, 1.54) is 0 Å². The van der Waals surface area contributed by atoms with Gasteiger partial charge in [0.1, 0.15) is 12.8 Å². The first-order valence-corrected chi connectivity index (χ1v) is 4.29. The van der Waals surface area contributed by atoms with Gasteiger partial charge < -0.3 is 0 Å². The summed E-state index contributed by atoms with van der Waals surface area (Å²) in [5, 5.41) is 0. The van der Waals surface area contributed by atoms with Gasteiger partial charge in [-0.25, -0.2) is 8.78 Å². The number of rotatable bonds is 3. The van der Waals surface area contributed by atoms with Gasteiger partial charge in [0.2, 0.25) is 0 Å². The number of halogens is 5. The molecule has 1 rings (SSSR count). The van der Waals surface area contributed by atoms with Crippen molar-refractivity contribution in [1.29, 1.82) is 0 Å². The molecule has 0 aliphatic heterocycles. The van der Waals surface area contributed by atoms with E-state index >= 15 is 0 Å². The minimum Gasteiger partial charge on any atom is -0.248 e. The number of hydrogen-bond donors (Lipinski definition) is 0. The molecule has 5 heteroatoms. The van der Waals surface area contributed by atoms with E-state index in [2.05, 4.69) is 0 Å². The Hall–Kier alpha value is -1.13. The quantitative estimate of drug-likeness (QED) is 0.688. The van der Waals surface area contributed by atoms with Gasteiger partial charge in [-0.2, -0.15) is 13.2 Å². The highest BCUT2D eigenvalue weighted by atomic mass is 19.4. The van der Waals surface area contributed by atoms with Crippen molar-refractivity contribution in [2.75, 3.05) is 6.67 Å². The first-order chi connectivity index (χ1) is 6.93. The van der Waals surface area contributed by atoms with Crippen molar-refractivity contribution in [2.45, 2.75) is 18.8 Å². The molecule has 0 fully saturated rings. The Bertz CT molecular complexity index is 301. The fourth-order valence-electron chi connectivity index (χ4n) is 1.14. The molecule has 15 heavy (non-hydrogen) atoms. The highest BCUT2D eigenvalue weighted by Gasteiger charge is 2.29. The van der Waals surface area contributed by atoms with Crippen LogP contribution in [0.1, 0.15) is 11.1 Å². The summed E-state index contributed by atoms with van der Waals surface area (Å²) in [6.45, 7) is -1.12. The fraction of sp³-hybridized carbons (Fsp3) is 0.400. The Morgan fingerprint density at radius 2 is 1.60 bits per heavy atom. The summed E-state index contributed by atoms with van der Waals surface area (Å²) in [6, 6.07) is 4.04. The van der Waals surface area contributed by atoms with Crippen LogP contribution in [0.25, 0.3) is 0 Å². The number of alkyl halides is 5. The van der Waals surface area contributed by atoms with Crippen LogP contribution in [0.15, 0.2) is 24.3 Å². The minimum atomic E-state index is -4.40. The molecule has 84 valence electrons. The molecule has 0 spiro atoms. The first-order valence-electron chi connectivity index (χ1n) is 4.29. The van der Waals surface area contributed by atoms with E-state index in [1.54, 1.807) is 0 Å². The third kappa shape index (κ3) is 3.49. The lowest BCUT2D eigenvalue weighted by atomic mass is 10.1. The van der Waals surface area contributed by atoms with Gasteiger partial charge in [-0.05, 0) is 17.7 Å². The molecule has 1 aromatic rings. The number of hydrogen-bond acceptors (Lipinski definition) is 0.